The van der Waals surface area contributed by atoms with E-state index in [4.69, 9.17) is 0 Å². The minimum Gasteiger partial charge on any atom is -0.326 e. The Morgan fingerprint density at radius 3 is 2.68 bits per heavy atom. The van der Waals surface area contributed by atoms with Crippen molar-refractivity contribution in [1.82, 2.24) is 20.2 Å². The third-order valence-corrected chi connectivity index (χ3v) is 4.90. The van der Waals surface area contributed by atoms with Crippen LogP contribution in [0.25, 0.3) is 11.4 Å². The summed E-state index contributed by atoms with van der Waals surface area (Å²) in [5, 5.41) is 15.2. The average molecular weight is 375 g/mol. The van der Waals surface area contributed by atoms with Gasteiger partial charge in [-0.1, -0.05) is 38.1 Å². The van der Waals surface area contributed by atoms with E-state index in [1.54, 1.807) is 12.1 Å². The highest BCUT2D eigenvalue weighted by molar-refractivity contribution is 5.98. The van der Waals surface area contributed by atoms with Crippen LogP contribution in [0.3, 0.4) is 0 Å². The smallest absolute Gasteiger partial charge is 0.224 e. The van der Waals surface area contributed by atoms with Crippen LogP contribution in [0.4, 0.5) is 5.69 Å². The van der Waals surface area contributed by atoms with Gasteiger partial charge in [0.2, 0.25) is 11.7 Å². The van der Waals surface area contributed by atoms with Gasteiger partial charge >= 0.3 is 0 Å². The molecule has 0 saturated carbocycles. The lowest BCUT2D eigenvalue weighted by Gasteiger charge is -2.17. The van der Waals surface area contributed by atoms with Crippen molar-refractivity contribution in [3.8, 4) is 11.4 Å². The fourth-order valence-corrected chi connectivity index (χ4v) is 3.22. The monoisotopic (exact) mass is 375 g/mol. The van der Waals surface area contributed by atoms with Gasteiger partial charge in [-0.15, -0.1) is 10.2 Å². The van der Waals surface area contributed by atoms with Gasteiger partial charge in [-0.05, 0) is 46.9 Å². The predicted octanol–water partition coefficient (Wildman–Crippen LogP) is 3.23. The minimum absolute atomic E-state index is 0.00680. The van der Waals surface area contributed by atoms with Gasteiger partial charge < -0.3 is 5.32 Å². The lowest BCUT2D eigenvalue weighted by molar-refractivity contribution is -0.116. The van der Waals surface area contributed by atoms with Crippen LogP contribution >= 0.6 is 0 Å². The van der Waals surface area contributed by atoms with Crippen molar-refractivity contribution in [3.05, 3.63) is 59.2 Å². The number of carbonyl (C=O) groups is 2. The molecule has 142 valence electrons. The zero-order chi connectivity index (χ0) is 19.7. The second kappa shape index (κ2) is 7.34. The third kappa shape index (κ3) is 3.69. The first-order valence-corrected chi connectivity index (χ1v) is 9.34. The highest BCUT2D eigenvalue weighted by Gasteiger charge is 2.17. The normalized spacial score (nSPS) is 13.3. The predicted molar refractivity (Wildman–Crippen MR) is 105 cm³/mol. The van der Waals surface area contributed by atoms with E-state index in [1.165, 1.54) is 10.4 Å². The summed E-state index contributed by atoms with van der Waals surface area (Å²) in [6.07, 6.45) is 1.08. The van der Waals surface area contributed by atoms with Crippen LogP contribution in [0, 0.1) is 0 Å². The van der Waals surface area contributed by atoms with Crippen LogP contribution in [-0.4, -0.2) is 31.9 Å². The van der Waals surface area contributed by atoms with Crippen LogP contribution < -0.4 is 5.32 Å². The number of aryl methyl sites for hydroxylation is 1. The standard InChI is InChI=1S/C21H21N5O2/c1-13(2)14-3-5-15(6-4-14)21-23-25-26(24-21)12-19(27)17-7-9-18-16(11-17)8-10-20(28)22-18/h3-7,9,11,13H,8,10,12H2,1-2H3,(H,22,28). The summed E-state index contributed by atoms with van der Waals surface area (Å²) in [5.74, 6) is 0.864. The topological polar surface area (TPSA) is 89.8 Å². The van der Waals surface area contributed by atoms with Crippen LogP contribution in [0.5, 0.6) is 0 Å². The molecule has 0 radical (unpaired) electrons. The molecule has 0 fully saturated rings. The number of rotatable bonds is 5. The van der Waals surface area contributed by atoms with E-state index in [9.17, 15) is 9.59 Å². The first-order chi connectivity index (χ1) is 13.5. The highest BCUT2D eigenvalue weighted by Crippen LogP contribution is 2.24. The van der Waals surface area contributed by atoms with Crippen LogP contribution in [0.2, 0.25) is 0 Å². The van der Waals surface area contributed by atoms with Gasteiger partial charge in [-0.3, -0.25) is 9.59 Å². The molecule has 1 aliphatic rings. The third-order valence-electron chi connectivity index (χ3n) is 4.90. The van der Waals surface area contributed by atoms with Crippen molar-refractivity contribution in [2.75, 3.05) is 5.32 Å². The zero-order valence-corrected chi connectivity index (χ0v) is 15.8. The number of hydrogen-bond acceptors (Lipinski definition) is 5. The molecule has 1 aromatic heterocycles. The molecule has 0 atom stereocenters. The van der Waals surface area contributed by atoms with Crippen molar-refractivity contribution in [2.24, 2.45) is 0 Å². The van der Waals surface area contributed by atoms with Crippen molar-refractivity contribution in [2.45, 2.75) is 39.2 Å². The van der Waals surface area contributed by atoms with E-state index in [0.29, 0.717) is 30.1 Å². The molecule has 0 bridgehead atoms. The molecule has 1 amide bonds. The van der Waals surface area contributed by atoms with Crippen molar-refractivity contribution in [3.63, 3.8) is 0 Å². The Morgan fingerprint density at radius 1 is 1.14 bits per heavy atom. The number of fused-ring (bicyclic) bond motifs is 1. The summed E-state index contributed by atoms with van der Waals surface area (Å²) in [6.45, 7) is 4.30. The number of hydrogen-bond donors (Lipinski definition) is 1. The second-order valence-corrected chi connectivity index (χ2v) is 7.26. The van der Waals surface area contributed by atoms with Gasteiger partial charge in [0, 0.05) is 23.2 Å². The van der Waals surface area contributed by atoms with E-state index in [2.05, 4.69) is 46.7 Å². The lowest BCUT2D eigenvalue weighted by atomic mass is 9.99. The number of benzene rings is 2. The maximum atomic E-state index is 12.6. The number of amides is 1. The first-order valence-electron chi connectivity index (χ1n) is 9.34. The number of ketones is 1. The fraction of sp³-hybridized carbons (Fsp3) is 0.286. The van der Waals surface area contributed by atoms with E-state index in [0.717, 1.165) is 16.8 Å². The van der Waals surface area contributed by atoms with Crippen LogP contribution in [0.15, 0.2) is 42.5 Å². The zero-order valence-electron chi connectivity index (χ0n) is 15.8. The Hall–Kier alpha value is -3.35. The number of aromatic nitrogens is 4. The first kappa shape index (κ1) is 18.0. The summed E-state index contributed by atoms with van der Waals surface area (Å²) < 4.78 is 0. The molecular weight excluding hydrogens is 354 g/mol. The van der Waals surface area contributed by atoms with Crippen LogP contribution in [0.1, 0.15) is 47.7 Å². The van der Waals surface area contributed by atoms with Crippen molar-refractivity contribution >= 4 is 17.4 Å². The largest absolute Gasteiger partial charge is 0.326 e. The molecule has 1 aliphatic heterocycles. The fourth-order valence-electron chi connectivity index (χ4n) is 3.22. The summed E-state index contributed by atoms with van der Waals surface area (Å²) in [4.78, 5) is 25.4. The molecule has 28 heavy (non-hydrogen) atoms. The lowest BCUT2D eigenvalue weighted by Crippen LogP contribution is -2.20. The van der Waals surface area contributed by atoms with Gasteiger partial charge in [0.1, 0.15) is 6.54 Å². The average Bonchev–Trinajstić information content (AvgIpc) is 3.16. The van der Waals surface area contributed by atoms with Gasteiger partial charge in [-0.2, -0.15) is 4.80 Å². The molecular formula is C21H21N5O2. The number of nitrogens with one attached hydrogen (secondary N) is 1. The molecule has 0 saturated heterocycles. The number of tetrazole rings is 1. The number of carbonyl (C=O) groups excluding carboxylic acids is 2. The molecule has 0 unspecified atom stereocenters. The molecule has 7 heteroatoms. The van der Waals surface area contributed by atoms with Gasteiger partial charge in [0.25, 0.3) is 0 Å². The number of anilines is 1. The van der Waals surface area contributed by atoms with Crippen LogP contribution in [-0.2, 0) is 17.8 Å². The Morgan fingerprint density at radius 2 is 1.93 bits per heavy atom. The molecule has 0 aliphatic carbocycles. The van der Waals surface area contributed by atoms with E-state index >= 15 is 0 Å². The van der Waals surface area contributed by atoms with Gasteiger partial charge in [-0.25, -0.2) is 0 Å². The molecule has 4 rings (SSSR count). The van der Waals surface area contributed by atoms with Crippen molar-refractivity contribution < 1.29 is 9.59 Å². The number of nitrogens with zero attached hydrogens (tertiary/aromatic N) is 4. The Kier molecular flexibility index (Phi) is 4.73. The van der Waals surface area contributed by atoms with E-state index in [-0.39, 0.29) is 18.2 Å². The highest BCUT2D eigenvalue weighted by atomic mass is 16.1. The summed E-state index contributed by atoms with van der Waals surface area (Å²) in [6, 6.07) is 13.4. The summed E-state index contributed by atoms with van der Waals surface area (Å²) >= 11 is 0. The van der Waals surface area contributed by atoms with E-state index < -0.39 is 0 Å². The molecule has 2 heterocycles. The molecule has 0 spiro atoms. The maximum absolute atomic E-state index is 12.6. The Bertz CT molecular complexity index is 1040. The molecule has 3 aromatic rings. The van der Waals surface area contributed by atoms with E-state index in [1.807, 2.05) is 18.2 Å². The van der Waals surface area contributed by atoms with Crippen molar-refractivity contribution in [1.29, 1.82) is 0 Å². The second-order valence-electron chi connectivity index (χ2n) is 7.26. The summed E-state index contributed by atoms with van der Waals surface area (Å²) in [5.41, 5.74) is 4.44. The van der Waals surface area contributed by atoms with Gasteiger partial charge in [0.15, 0.2) is 5.78 Å². The summed E-state index contributed by atoms with van der Waals surface area (Å²) in [7, 11) is 0. The Labute approximate surface area is 162 Å². The Balaban J connectivity index is 1.48. The molecule has 7 nitrogen and oxygen atoms in total. The van der Waals surface area contributed by atoms with Gasteiger partial charge in [0.05, 0.1) is 0 Å². The SMILES string of the molecule is CC(C)c1ccc(-c2nnn(CC(=O)c3ccc4c(c3)CCC(=O)N4)n2)cc1. The molecule has 2 aromatic carbocycles. The number of Topliss-reactive ketones (excluding diaryl/α,β-unsaturated/α-hetero) is 1. The maximum Gasteiger partial charge on any atom is 0.224 e. The molecule has 1 N–H and O–H groups in total. The minimum atomic E-state index is -0.0983. The quantitative estimate of drug-likeness (QED) is 0.692.